The van der Waals surface area contributed by atoms with Gasteiger partial charge in [0.15, 0.2) is 0 Å². The lowest BCUT2D eigenvalue weighted by molar-refractivity contribution is 0.0704. The van der Waals surface area contributed by atoms with Gasteiger partial charge in [-0.15, -0.1) is 5.10 Å². The van der Waals surface area contributed by atoms with Gasteiger partial charge in [0, 0.05) is 38.3 Å². The van der Waals surface area contributed by atoms with E-state index in [0.717, 1.165) is 35.7 Å². The molecule has 0 fully saturated rings. The van der Waals surface area contributed by atoms with Gasteiger partial charge in [-0.2, -0.15) is 0 Å². The number of nitrogens with zero attached hydrogens (tertiary/aromatic N) is 3. The Morgan fingerprint density at radius 1 is 1.04 bits per heavy atom. The summed E-state index contributed by atoms with van der Waals surface area (Å²) < 4.78 is 19.8. The average molecular weight is 376 g/mol. The highest BCUT2D eigenvalue weighted by molar-refractivity contribution is 7.99. The maximum atomic E-state index is 5.91. The summed E-state index contributed by atoms with van der Waals surface area (Å²) >= 11 is 1.68. The van der Waals surface area contributed by atoms with Crippen molar-refractivity contribution < 1.29 is 13.3 Å². The van der Waals surface area contributed by atoms with E-state index >= 15 is 0 Å². The van der Waals surface area contributed by atoms with E-state index in [9.17, 15) is 0 Å². The highest BCUT2D eigenvalue weighted by Crippen LogP contribution is 2.22. The highest BCUT2D eigenvalue weighted by Gasteiger charge is 2.39. The quantitative estimate of drug-likeness (QED) is 0.384. The van der Waals surface area contributed by atoms with Crippen molar-refractivity contribution in [2.24, 2.45) is 0 Å². The predicted octanol–water partition coefficient (Wildman–Crippen LogP) is 3.95. The Balaban J connectivity index is 2.75. The van der Waals surface area contributed by atoms with Gasteiger partial charge in [-0.1, -0.05) is 32.5 Å². The average Bonchev–Trinajstić information content (AvgIpc) is 2.92. The van der Waals surface area contributed by atoms with Crippen molar-refractivity contribution in [3.63, 3.8) is 0 Å². The number of hydrogen-bond acceptors (Lipinski definition) is 6. The number of aromatic nitrogens is 3. The van der Waals surface area contributed by atoms with E-state index in [1.807, 2.05) is 25.5 Å². The normalized spacial score (nSPS) is 12.3. The fourth-order valence-electron chi connectivity index (χ4n) is 2.56. The molecule has 0 atom stereocenters. The Labute approximate surface area is 152 Å². The van der Waals surface area contributed by atoms with Crippen molar-refractivity contribution in [2.45, 2.75) is 71.6 Å². The van der Waals surface area contributed by atoms with Crippen molar-refractivity contribution in [3.05, 3.63) is 5.82 Å². The van der Waals surface area contributed by atoms with Crippen LogP contribution in [0.3, 0.4) is 0 Å². The summed E-state index contributed by atoms with van der Waals surface area (Å²) in [6.07, 6.45) is 0.908. The largest absolute Gasteiger partial charge is 0.500 e. The number of aryl methyl sites for hydroxylation is 1. The smallest absolute Gasteiger partial charge is 0.374 e. The van der Waals surface area contributed by atoms with Crippen molar-refractivity contribution in [3.8, 4) is 0 Å². The lowest BCUT2D eigenvalue weighted by atomic mass is 10.2. The minimum absolute atomic E-state index is 0.358. The molecule has 6 nitrogen and oxygen atoms in total. The van der Waals surface area contributed by atoms with Crippen LogP contribution in [0.5, 0.6) is 0 Å². The van der Waals surface area contributed by atoms with Crippen LogP contribution in [0.25, 0.3) is 0 Å². The van der Waals surface area contributed by atoms with Gasteiger partial charge in [-0.25, -0.2) is 9.67 Å². The highest BCUT2D eigenvalue weighted by atomic mass is 32.2. The van der Waals surface area contributed by atoms with Gasteiger partial charge < -0.3 is 13.3 Å². The monoisotopic (exact) mass is 375 g/mol. The minimum Gasteiger partial charge on any atom is -0.374 e. The third-order valence-corrected chi connectivity index (χ3v) is 7.29. The van der Waals surface area contributed by atoms with Gasteiger partial charge >= 0.3 is 8.80 Å². The van der Waals surface area contributed by atoms with Crippen LogP contribution in [0.2, 0.25) is 6.04 Å². The van der Waals surface area contributed by atoms with E-state index in [-0.39, 0.29) is 0 Å². The summed E-state index contributed by atoms with van der Waals surface area (Å²) in [5, 5.41) is 5.51. The zero-order valence-corrected chi connectivity index (χ0v) is 17.8. The molecule has 0 radical (unpaired) electrons. The van der Waals surface area contributed by atoms with Crippen LogP contribution in [-0.2, 0) is 19.8 Å². The topological polar surface area (TPSA) is 58.4 Å². The summed E-state index contributed by atoms with van der Waals surface area (Å²) in [7, 11) is -2.57. The second-order valence-electron chi connectivity index (χ2n) is 5.65. The first-order valence-corrected chi connectivity index (χ1v) is 11.9. The number of thioether (sulfide) groups is 1. The molecule has 1 aromatic rings. The summed E-state index contributed by atoms with van der Waals surface area (Å²) in [6.45, 7) is 15.0. The van der Waals surface area contributed by atoms with E-state index in [1.54, 1.807) is 11.8 Å². The summed E-state index contributed by atoms with van der Waals surface area (Å²) in [5.74, 6) is 2.38. The Kier molecular flexibility index (Phi) is 10.1. The Bertz CT molecular complexity index is 454. The van der Waals surface area contributed by atoms with Gasteiger partial charge in [0.2, 0.25) is 5.16 Å². The third kappa shape index (κ3) is 6.48. The summed E-state index contributed by atoms with van der Waals surface area (Å²) in [5.41, 5.74) is 0. The molecule has 0 aliphatic carbocycles. The minimum atomic E-state index is -2.57. The third-order valence-electron chi connectivity index (χ3n) is 3.42. The molecule has 24 heavy (non-hydrogen) atoms. The fraction of sp³-hybridized carbons (Fsp3) is 0.875. The number of rotatable bonds is 13. The van der Waals surface area contributed by atoms with Crippen LogP contribution in [0.1, 0.15) is 59.7 Å². The first kappa shape index (κ1) is 21.6. The first-order chi connectivity index (χ1) is 11.5. The summed E-state index contributed by atoms with van der Waals surface area (Å²) in [4.78, 5) is 4.66. The standard InChI is InChI=1S/C16H33N3O3SSi/c1-7-20-24(21-8-2,22-9-3)13-11-12-19-15(14(5)6)17-16(18-19)23-10-4/h14H,7-13H2,1-6H3. The number of hydrogen-bond donors (Lipinski definition) is 0. The van der Waals surface area contributed by atoms with Crippen LogP contribution in [-0.4, -0.2) is 49.1 Å². The molecule has 0 amide bonds. The molecule has 1 heterocycles. The van der Waals surface area contributed by atoms with Crippen molar-refractivity contribution in [1.29, 1.82) is 0 Å². The molecule has 0 saturated heterocycles. The molecule has 0 spiro atoms. The molecule has 140 valence electrons. The van der Waals surface area contributed by atoms with E-state index in [4.69, 9.17) is 13.3 Å². The van der Waals surface area contributed by atoms with Crippen molar-refractivity contribution >= 4 is 20.6 Å². The molecule has 0 bridgehead atoms. The van der Waals surface area contributed by atoms with E-state index in [1.165, 1.54) is 0 Å². The first-order valence-electron chi connectivity index (χ1n) is 9.01. The predicted molar refractivity (Wildman–Crippen MR) is 101 cm³/mol. The molecule has 0 aliphatic heterocycles. The second-order valence-corrected chi connectivity index (χ2v) is 9.61. The molecule has 0 N–H and O–H groups in total. The Hall–Kier alpha value is -0.413. The molecule has 0 aliphatic rings. The van der Waals surface area contributed by atoms with Gasteiger partial charge in [0.1, 0.15) is 5.82 Å². The van der Waals surface area contributed by atoms with Crippen molar-refractivity contribution in [1.82, 2.24) is 14.8 Å². The maximum Gasteiger partial charge on any atom is 0.500 e. The van der Waals surface area contributed by atoms with Crippen LogP contribution < -0.4 is 0 Å². The Morgan fingerprint density at radius 2 is 1.62 bits per heavy atom. The van der Waals surface area contributed by atoms with Gasteiger partial charge in [-0.05, 0) is 32.9 Å². The lowest BCUT2D eigenvalue weighted by Crippen LogP contribution is -2.46. The van der Waals surface area contributed by atoms with E-state index < -0.39 is 8.80 Å². The Morgan fingerprint density at radius 3 is 2.08 bits per heavy atom. The molecule has 1 rings (SSSR count). The van der Waals surface area contributed by atoms with E-state index in [2.05, 4.69) is 30.9 Å². The van der Waals surface area contributed by atoms with Crippen LogP contribution in [0.4, 0.5) is 0 Å². The van der Waals surface area contributed by atoms with Crippen LogP contribution in [0.15, 0.2) is 5.16 Å². The lowest BCUT2D eigenvalue weighted by Gasteiger charge is -2.28. The molecule has 0 unspecified atom stereocenters. The summed E-state index contributed by atoms with van der Waals surface area (Å²) in [6, 6.07) is 0.802. The maximum absolute atomic E-state index is 5.91. The fourth-order valence-corrected chi connectivity index (χ4v) is 5.73. The molecular formula is C16H33N3O3SSi. The zero-order valence-electron chi connectivity index (χ0n) is 16.0. The van der Waals surface area contributed by atoms with Crippen LogP contribution in [0, 0.1) is 0 Å². The van der Waals surface area contributed by atoms with E-state index in [0.29, 0.717) is 25.7 Å². The SMILES string of the molecule is CCO[Si](CCCn1nc(SCC)nc1C(C)C)(OCC)OCC. The van der Waals surface area contributed by atoms with Gasteiger partial charge in [-0.3, -0.25) is 0 Å². The van der Waals surface area contributed by atoms with Gasteiger partial charge in [0.25, 0.3) is 0 Å². The molecular weight excluding hydrogens is 342 g/mol. The molecule has 8 heteroatoms. The van der Waals surface area contributed by atoms with Gasteiger partial charge in [0.05, 0.1) is 0 Å². The zero-order chi connectivity index (χ0) is 18.0. The molecule has 0 aromatic carbocycles. The second kappa shape index (κ2) is 11.3. The van der Waals surface area contributed by atoms with Crippen LogP contribution >= 0.6 is 11.8 Å². The van der Waals surface area contributed by atoms with Crippen molar-refractivity contribution in [2.75, 3.05) is 25.6 Å². The molecule has 1 aromatic heterocycles. The molecule has 0 saturated carbocycles.